The lowest BCUT2D eigenvalue weighted by atomic mass is 10.1. The third kappa shape index (κ3) is 2.01. The molecule has 1 heterocycles. The number of nitrogens with two attached hydrogens (primary N) is 1. The Hall–Kier alpha value is -1.94. The summed E-state index contributed by atoms with van der Waals surface area (Å²) in [5, 5.41) is 0. The fourth-order valence-electron chi connectivity index (χ4n) is 1.40. The molecular weight excluding hydrogens is 222 g/mol. The Morgan fingerprint density at radius 1 is 1.25 bits per heavy atom. The lowest BCUT2D eigenvalue weighted by molar-refractivity contribution is 0.1000. The standard InChI is InChI=1S/C12H9NO2S/c13-12(15)9-3-1-2-8(6-9)11-5-4-10(7-14)16-11/h1-7H,(H2,13,15). The van der Waals surface area contributed by atoms with Crippen molar-refractivity contribution >= 4 is 23.5 Å². The highest BCUT2D eigenvalue weighted by molar-refractivity contribution is 7.17. The van der Waals surface area contributed by atoms with Gasteiger partial charge in [0.1, 0.15) is 0 Å². The highest BCUT2D eigenvalue weighted by Crippen LogP contribution is 2.27. The molecule has 16 heavy (non-hydrogen) atoms. The average molecular weight is 231 g/mol. The van der Waals surface area contributed by atoms with Crippen LogP contribution < -0.4 is 5.73 Å². The number of primary amides is 1. The van der Waals surface area contributed by atoms with Crippen LogP contribution in [-0.2, 0) is 0 Å². The molecule has 0 spiro atoms. The van der Waals surface area contributed by atoms with Gasteiger partial charge in [-0.3, -0.25) is 9.59 Å². The minimum Gasteiger partial charge on any atom is -0.366 e. The average Bonchev–Trinajstić information content (AvgIpc) is 2.77. The van der Waals surface area contributed by atoms with Crippen LogP contribution in [-0.4, -0.2) is 12.2 Å². The van der Waals surface area contributed by atoms with E-state index >= 15 is 0 Å². The number of rotatable bonds is 3. The second-order valence-corrected chi connectivity index (χ2v) is 4.38. The molecule has 0 aliphatic heterocycles. The topological polar surface area (TPSA) is 60.2 Å². The molecule has 0 atom stereocenters. The number of hydrogen-bond donors (Lipinski definition) is 1. The first-order chi connectivity index (χ1) is 7.70. The smallest absolute Gasteiger partial charge is 0.248 e. The molecule has 1 aromatic heterocycles. The molecule has 0 radical (unpaired) electrons. The molecule has 2 N–H and O–H groups in total. The molecule has 0 bridgehead atoms. The first kappa shape index (κ1) is 10.6. The Morgan fingerprint density at radius 2 is 2.06 bits per heavy atom. The maximum Gasteiger partial charge on any atom is 0.248 e. The SMILES string of the molecule is NC(=O)c1cccc(-c2ccc(C=O)s2)c1. The fourth-order valence-corrected chi connectivity index (χ4v) is 2.22. The van der Waals surface area contributed by atoms with Crippen LogP contribution in [0.15, 0.2) is 36.4 Å². The Kier molecular flexibility index (Phi) is 2.83. The maximum absolute atomic E-state index is 11.0. The molecule has 2 aromatic rings. The van der Waals surface area contributed by atoms with Crippen LogP contribution in [0.2, 0.25) is 0 Å². The molecule has 0 saturated carbocycles. The summed E-state index contributed by atoms with van der Waals surface area (Å²) in [5.74, 6) is -0.450. The summed E-state index contributed by atoms with van der Waals surface area (Å²) in [7, 11) is 0. The summed E-state index contributed by atoms with van der Waals surface area (Å²) < 4.78 is 0. The van der Waals surface area contributed by atoms with Crippen molar-refractivity contribution in [3.63, 3.8) is 0 Å². The molecule has 3 nitrogen and oxygen atoms in total. The van der Waals surface area contributed by atoms with Crippen molar-refractivity contribution in [2.45, 2.75) is 0 Å². The van der Waals surface area contributed by atoms with Crippen LogP contribution in [0.25, 0.3) is 10.4 Å². The van der Waals surface area contributed by atoms with E-state index in [1.807, 2.05) is 12.1 Å². The predicted molar refractivity (Wildman–Crippen MR) is 63.7 cm³/mol. The van der Waals surface area contributed by atoms with Crippen LogP contribution in [0.4, 0.5) is 0 Å². The van der Waals surface area contributed by atoms with E-state index in [-0.39, 0.29) is 0 Å². The number of amides is 1. The van der Waals surface area contributed by atoms with E-state index in [0.717, 1.165) is 16.7 Å². The number of benzene rings is 1. The third-order valence-electron chi connectivity index (χ3n) is 2.17. The number of aldehydes is 1. The van der Waals surface area contributed by atoms with Gasteiger partial charge in [0.05, 0.1) is 4.88 Å². The van der Waals surface area contributed by atoms with Crippen LogP contribution in [0.1, 0.15) is 20.0 Å². The number of thiophene rings is 1. The summed E-state index contributed by atoms with van der Waals surface area (Å²) in [6.07, 6.45) is 0.812. The molecular formula is C12H9NO2S. The van der Waals surface area contributed by atoms with E-state index in [1.54, 1.807) is 24.3 Å². The van der Waals surface area contributed by atoms with Gasteiger partial charge in [0.2, 0.25) is 5.91 Å². The summed E-state index contributed by atoms with van der Waals surface area (Å²) in [6, 6.07) is 10.7. The van der Waals surface area contributed by atoms with Gasteiger partial charge in [-0.2, -0.15) is 0 Å². The summed E-state index contributed by atoms with van der Waals surface area (Å²) in [5.41, 5.74) is 6.57. The van der Waals surface area contributed by atoms with Crippen LogP contribution in [0.3, 0.4) is 0 Å². The second-order valence-electron chi connectivity index (χ2n) is 3.26. The van der Waals surface area contributed by atoms with Gasteiger partial charge < -0.3 is 5.73 Å². The normalized spacial score (nSPS) is 10.0. The van der Waals surface area contributed by atoms with E-state index in [0.29, 0.717) is 10.4 Å². The van der Waals surface area contributed by atoms with Crippen molar-refractivity contribution in [3.05, 3.63) is 46.8 Å². The molecule has 1 aromatic carbocycles. The van der Waals surface area contributed by atoms with E-state index in [1.165, 1.54) is 11.3 Å². The van der Waals surface area contributed by atoms with Gasteiger partial charge in [-0.15, -0.1) is 11.3 Å². The molecule has 0 aliphatic rings. The largest absolute Gasteiger partial charge is 0.366 e. The van der Waals surface area contributed by atoms with E-state index in [9.17, 15) is 9.59 Å². The Bertz CT molecular complexity index is 545. The quantitative estimate of drug-likeness (QED) is 0.824. The summed E-state index contributed by atoms with van der Waals surface area (Å²) in [6.45, 7) is 0. The van der Waals surface area contributed by atoms with Gasteiger partial charge >= 0.3 is 0 Å². The molecule has 80 valence electrons. The Labute approximate surface area is 96.5 Å². The van der Waals surface area contributed by atoms with E-state index in [4.69, 9.17) is 5.73 Å². The third-order valence-corrected chi connectivity index (χ3v) is 3.23. The van der Waals surface area contributed by atoms with Crippen molar-refractivity contribution in [1.29, 1.82) is 0 Å². The number of hydrogen-bond acceptors (Lipinski definition) is 3. The highest BCUT2D eigenvalue weighted by Gasteiger charge is 2.05. The van der Waals surface area contributed by atoms with Crippen LogP contribution in [0, 0.1) is 0 Å². The second kappa shape index (κ2) is 4.28. The molecule has 0 fully saturated rings. The Balaban J connectivity index is 2.43. The highest BCUT2D eigenvalue weighted by atomic mass is 32.1. The zero-order valence-corrected chi connectivity index (χ0v) is 9.16. The van der Waals surface area contributed by atoms with Gasteiger partial charge in [0, 0.05) is 10.4 Å². The van der Waals surface area contributed by atoms with E-state index in [2.05, 4.69) is 0 Å². The van der Waals surface area contributed by atoms with Gasteiger partial charge in [-0.25, -0.2) is 0 Å². The molecule has 0 saturated heterocycles. The van der Waals surface area contributed by atoms with Crippen molar-refractivity contribution in [2.75, 3.05) is 0 Å². The maximum atomic E-state index is 11.0. The summed E-state index contributed by atoms with van der Waals surface area (Å²) >= 11 is 1.39. The zero-order chi connectivity index (χ0) is 11.5. The van der Waals surface area contributed by atoms with Crippen LogP contribution >= 0.6 is 11.3 Å². The van der Waals surface area contributed by atoms with E-state index < -0.39 is 5.91 Å². The minimum absolute atomic E-state index is 0.450. The fraction of sp³-hybridized carbons (Fsp3) is 0. The molecule has 0 unspecified atom stereocenters. The molecule has 1 amide bonds. The van der Waals surface area contributed by atoms with Gasteiger partial charge in [0.15, 0.2) is 6.29 Å². The number of carbonyl (C=O) groups excluding carboxylic acids is 2. The lowest BCUT2D eigenvalue weighted by Crippen LogP contribution is -2.10. The first-order valence-corrected chi connectivity index (χ1v) is 5.47. The van der Waals surface area contributed by atoms with Crippen molar-refractivity contribution in [1.82, 2.24) is 0 Å². The monoisotopic (exact) mass is 231 g/mol. The van der Waals surface area contributed by atoms with Crippen molar-refractivity contribution < 1.29 is 9.59 Å². The van der Waals surface area contributed by atoms with Gasteiger partial charge in [-0.1, -0.05) is 12.1 Å². The van der Waals surface area contributed by atoms with Crippen LogP contribution in [0.5, 0.6) is 0 Å². The van der Waals surface area contributed by atoms with Gasteiger partial charge in [-0.05, 0) is 29.8 Å². The molecule has 4 heteroatoms. The molecule has 2 rings (SSSR count). The van der Waals surface area contributed by atoms with Crippen molar-refractivity contribution in [3.8, 4) is 10.4 Å². The first-order valence-electron chi connectivity index (χ1n) is 4.66. The number of carbonyl (C=O) groups is 2. The Morgan fingerprint density at radius 3 is 2.69 bits per heavy atom. The minimum atomic E-state index is -0.450. The molecule has 0 aliphatic carbocycles. The lowest BCUT2D eigenvalue weighted by Gasteiger charge is -1.99. The predicted octanol–water partition coefficient (Wildman–Crippen LogP) is 2.33. The van der Waals surface area contributed by atoms with Gasteiger partial charge in [0.25, 0.3) is 0 Å². The zero-order valence-electron chi connectivity index (χ0n) is 8.34. The van der Waals surface area contributed by atoms with Crippen molar-refractivity contribution in [2.24, 2.45) is 5.73 Å². The summed E-state index contributed by atoms with van der Waals surface area (Å²) in [4.78, 5) is 23.2.